The van der Waals surface area contributed by atoms with Crippen molar-refractivity contribution in [2.24, 2.45) is 5.92 Å². The summed E-state index contributed by atoms with van der Waals surface area (Å²) in [6, 6.07) is 11.5. The predicted octanol–water partition coefficient (Wildman–Crippen LogP) is 2.21. The molecule has 0 aliphatic heterocycles. The van der Waals surface area contributed by atoms with Gasteiger partial charge in [-0.05, 0) is 5.56 Å². The number of hydrogen-bond acceptors (Lipinski definition) is 5. The van der Waals surface area contributed by atoms with E-state index >= 15 is 0 Å². The summed E-state index contributed by atoms with van der Waals surface area (Å²) in [7, 11) is 1.76. The van der Waals surface area contributed by atoms with Crippen LogP contribution in [0.4, 0.5) is 5.95 Å². The van der Waals surface area contributed by atoms with E-state index in [4.69, 9.17) is 9.84 Å². The Labute approximate surface area is 129 Å². The quantitative estimate of drug-likeness (QED) is 0.845. The number of aromatic nitrogens is 2. The average Bonchev–Trinajstić information content (AvgIpc) is 2.54. The number of carboxylic acids is 1. The molecule has 1 atom stereocenters. The highest BCUT2D eigenvalue weighted by Gasteiger charge is 2.15. The molecule has 1 aromatic carbocycles. The van der Waals surface area contributed by atoms with Crippen LogP contribution in [0.5, 0.6) is 5.88 Å². The van der Waals surface area contributed by atoms with Gasteiger partial charge in [0.15, 0.2) is 0 Å². The van der Waals surface area contributed by atoms with Crippen LogP contribution in [0.25, 0.3) is 0 Å². The molecule has 0 aliphatic carbocycles. The molecule has 0 aliphatic rings. The Morgan fingerprint density at radius 2 is 2.05 bits per heavy atom. The summed E-state index contributed by atoms with van der Waals surface area (Å²) < 4.78 is 5.64. The van der Waals surface area contributed by atoms with E-state index in [9.17, 15) is 4.79 Å². The van der Waals surface area contributed by atoms with Gasteiger partial charge in [-0.25, -0.2) is 4.98 Å². The SMILES string of the molecule is CC(CN(C)c1nccc(OCc2ccccc2)n1)C(=O)O. The van der Waals surface area contributed by atoms with Crippen LogP contribution in [0.15, 0.2) is 42.6 Å². The summed E-state index contributed by atoms with van der Waals surface area (Å²) in [4.78, 5) is 21.1. The molecule has 2 aromatic rings. The molecule has 0 saturated carbocycles. The first-order chi connectivity index (χ1) is 10.6. The molecule has 0 fully saturated rings. The first-order valence-corrected chi connectivity index (χ1v) is 7.00. The van der Waals surface area contributed by atoms with E-state index in [0.717, 1.165) is 5.56 Å². The molecular weight excluding hydrogens is 282 g/mol. The Morgan fingerprint density at radius 3 is 2.73 bits per heavy atom. The van der Waals surface area contributed by atoms with Crippen LogP contribution in [-0.2, 0) is 11.4 Å². The minimum Gasteiger partial charge on any atom is -0.481 e. The van der Waals surface area contributed by atoms with E-state index in [1.165, 1.54) is 0 Å². The van der Waals surface area contributed by atoms with Gasteiger partial charge in [-0.3, -0.25) is 4.79 Å². The first-order valence-electron chi connectivity index (χ1n) is 7.00. The molecule has 6 nitrogen and oxygen atoms in total. The lowest BCUT2D eigenvalue weighted by atomic mass is 10.2. The van der Waals surface area contributed by atoms with Gasteiger partial charge in [0.1, 0.15) is 6.61 Å². The third-order valence-corrected chi connectivity index (χ3v) is 3.16. The second kappa shape index (κ2) is 7.40. The number of anilines is 1. The van der Waals surface area contributed by atoms with Crippen LogP contribution in [-0.4, -0.2) is 34.6 Å². The van der Waals surface area contributed by atoms with Crippen molar-refractivity contribution in [2.45, 2.75) is 13.5 Å². The van der Waals surface area contributed by atoms with Gasteiger partial charge in [-0.15, -0.1) is 0 Å². The molecule has 0 bridgehead atoms. The highest BCUT2D eigenvalue weighted by Crippen LogP contribution is 2.14. The fourth-order valence-electron chi connectivity index (χ4n) is 1.90. The second-order valence-corrected chi connectivity index (χ2v) is 5.09. The van der Waals surface area contributed by atoms with Gasteiger partial charge in [0.05, 0.1) is 5.92 Å². The molecule has 1 unspecified atom stereocenters. The van der Waals surface area contributed by atoms with Crippen molar-refractivity contribution in [3.05, 3.63) is 48.2 Å². The molecule has 22 heavy (non-hydrogen) atoms. The lowest BCUT2D eigenvalue weighted by Crippen LogP contribution is -2.29. The summed E-state index contributed by atoms with van der Waals surface area (Å²) in [6.07, 6.45) is 1.60. The lowest BCUT2D eigenvalue weighted by Gasteiger charge is -2.19. The minimum absolute atomic E-state index is 0.331. The number of carboxylic acid groups (broad SMARTS) is 1. The van der Waals surface area contributed by atoms with Gasteiger partial charge in [0, 0.05) is 25.9 Å². The Bertz CT molecular complexity index is 619. The predicted molar refractivity (Wildman–Crippen MR) is 82.9 cm³/mol. The zero-order valence-electron chi connectivity index (χ0n) is 12.6. The van der Waals surface area contributed by atoms with Crippen LogP contribution < -0.4 is 9.64 Å². The second-order valence-electron chi connectivity index (χ2n) is 5.09. The summed E-state index contributed by atoms with van der Waals surface area (Å²) in [5, 5.41) is 8.95. The Hall–Kier alpha value is -2.63. The smallest absolute Gasteiger partial charge is 0.308 e. The summed E-state index contributed by atoms with van der Waals surface area (Å²) in [6.45, 7) is 2.40. The largest absolute Gasteiger partial charge is 0.481 e. The maximum Gasteiger partial charge on any atom is 0.308 e. The fraction of sp³-hybridized carbons (Fsp3) is 0.312. The van der Waals surface area contributed by atoms with Crippen molar-refractivity contribution < 1.29 is 14.6 Å². The third-order valence-electron chi connectivity index (χ3n) is 3.16. The molecule has 1 N–H and O–H groups in total. The molecule has 0 radical (unpaired) electrons. The van der Waals surface area contributed by atoms with Crippen LogP contribution in [0, 0.1) is 5.92 Å². The number of benzene rings is 1. The van der Waals surface area contributed by atoms with Crippen molar-refractivity contribution in [3.63, 3.8) is 0 Å². The molecular formula is C16H19N3O3. The maximum atomic E-state index is 10.9. The molecule has 0 amide bonds. The van der Waals surface area contributed by atoms with Crippen LogP contribution in [0.1, 0.15) is 12.5 Å². The van der Waals surface area contributed by atoms with E-state index in [1.54, 1.807) is 31.1 Å². The van der Waals surface area contributed by atoms with Gasteiger partial charge in [0.25, 0.3) is 0 Å². The lowest BCUT2D eigenvalue weighted by molar-refractivity contribution is -0.140. The molecule has 0 spiro atoms. The van der Waals surface area contributed by atoms with Gasteiger partial charge in [-0.1, -0.05) is 37.3 Å². The first kappa shape index (κ1) is 15.8. The van der Waals surface area contributed by atoms with Gasteiger partial charge in [0.2, 0.25) is 11.8 Å². The van der Waals surface area contributed by atoms with Crippen molar-refractivity contribution >= 4 is 11.9 Å². The monoisotopic (exact) mass is 301 g/mol. The topological polar surface area (TPSA) is 75.5 Å². The molecule has 0 saturated heterocycles. The molecule has 116 valence electrons. The zero-order valence-corrected chi connectivity index (χ0v) is 12.6. The summed E-state index contributed by atoms with van der Waals surface area (Å²) >= 11 is 0. The molecule has 1 aromatic heterocycles. The number of rotatable bonds is 7. The van der Waals surface area contributed by atoms with Crippen LogP contribution >= 0.6 is 0 Å². The number of ether oxygens (including phenoxy) is 1. The van der Waals surface area contributed by atoms with E-state index in [1.807, 2.05) is 30.3 Å². The van der Waals surface area contributed by atoms with E-state index < -0.39 is 11.9 Å². The van der Waals surface area contributed by atoms with Gasteiger partial charge < -0.3 is 14.7 Å². The Balaban J connectivity index is 1.98. The van der Waals surface area contributed by atoms with E-state index in [2.05, 4.69) is 9.97 Å². The van der Waals surface area contributed by atoms with Gasteiger partial charge >= 0.3 is 5.97 Å². The molecule has 2 rings (SSSR count). The standard InChI is InChI=1S/C16H19N3O3/c1-12(15(20)21)10-19(2)16-17-9-8-14(18-16)22-11-13-6-4-3-5-7-13/h3-9,12H,10-11H2,1-2H3,(H,20,21). The van der Waals surface area contributed by atoms with Crippen molar-refractivity contribution in [1.82, 2.24) is 9.97 Å². The van der Waals surface area contributed by atoms with Crippen molar-refractivity contribution in [1.29, 1.82) is 0 Å². The zero-order chi connectivity index (χ0) is 15.9. The van der Waals surface area contributed by atoms with Gasteiger partial charge in [-0.2, -0.15) is 4.98 Å². The van der Waals surface area contributed by atoms with E-state index in [-0.39, 0.29) is 0 Å². The van der Waals surface area contributed by atoms with Crippen molar-refractivity contribution in [3.8, 4) is 5.88 Å². The fourth-order valence-corrected chi connectivity index (χ4v) is 1.90. The highest BCUT2D eigenvalue weighted by molar-refractivity contribution is 5.70. The minimum atomic E-state index is -0.844. The third kappa shape index (κ3) is 4.44. The normalized spacial score (nSPS) is 11.7. The van der Waals surface area contributed by atoms with E-state index in [0.29, 0.717) is 25.0 Å². The number of hydrogen-bond donors (Lipinski definition) is 1. The average molecular weight is 301 g/mol. The summed E-state index contributed by atoms with van der Waals surface area (Å²) in [5.74, 6) is -0.437. The highest BCUT2D eigenvalue weighted by atomic mass is 16.5. The number of nitrogens with zero attached hydrogens (tertiary/aromatic N) is 3. The maximum absolute atomic E-state index is 10.9. The molecule has 1 heterocycles. The van der Waals surface area contributed by atoms with Crippen LogP contribution in [0.2, 0.25) is 0 Å². The Kier molecular flexibility index (Phi) is 5.30. The van der Waals surface area contributed by atoms with Crippen molar-refractivity contribution in [2.75, 3.05) is 18.5 Å². The summed E-state index contributed by atoms with van der Waals surface area (Å²) in [5.41, 5.74) is 1.05. The number of carbonyl (C=O) groups is 1. The van der Waals surface area contributed by atoms with Crippen LogP contribution in [0.3, 0.4) is 0 Å². The number of aliphatic carboxylic acids is 1. The Morgan fingerprint density at radius 1 is 1.32 bits per heavy atom. The molecule has 6 heteroatoms.